The molecule has 2 heterocycles. The quantitative estimate of drug-likeness (QED) is 0.802. The molecule has 1 N–H and O–H groups in total. The van der Waals surface area contributed by atoms with Crippen LogP contribution in [0.3, 0.4) is 0 Å². The van der Waals surface area contributed by atoms with Gasteiger partial charge in [0.2, 0.25) is 0 Å². The van der Waals surface area contributed by atoms with Gasteiger partial charge in [0.25, 0.3) is 5.91 Å². The summed E-state index contributed by atoms with van der Waals surface area (Å²) in [6, 6.07) is 14.2. The fourth-order valence-corrected chi connectivity index (χ4v) is 2.57. The summed E-state index contributed by atoms with van der Waals surface area (Å²) in [5.41, 5.74) is 1.68. The van der Waals surface area contributed by atoms with Crippen LogP contribution in [0.25, 0.3) is 10.6 Å². The molecule has 22 heavy (non-hydrogen) atoms. The molecule has 0 atom stereocenters. The average molecular weight is 309 g/mol. The molecule has 1 aromatic carbocycles. The molecular weight excluding hydrogens is 298 g/mol. The fraction of sp³-hybridized carbons (Fsp3) is 0.0625. The molecule has 0 bridgehead atoms. The second-order valence-electron chi connectivity index (χ2n) is 4.53. The zero-order chi connectivity index (χ0) is 15.4. The molecule has 3 rings (SSSR count). The van der Waals surface area contributed by atoms with E-state index in [1.807, 2.05) is 29.6 Å². The molecule has 0 aliphatic rings. The van der Waals surface area contributed by atoms with Crippen LogP contribution in [0.5, 0.6) is 0 Å². The molecule has 0 spiro atoms. The van der Waals surface area contributed by atoms with E-state index in [4.69, 9.17) is 9.78 Å². The molecule has 5 nitrogen and oxygen atoms in total. The zero-order valence-electron chi connectivity index (χ0n) is 11.4. The summed E-state index contributed by atoms with van der Waals surface area (Å²) in [6.07, 6.45) is 0. The van der Waals surface area contributed by atoms with Crippen LogP contribution >= 0.6 is 11.3 Å². The van der Waals surface area contributed by atoms with Crippen molar-refractivity contribution in [3.8, 4) is 16.7 Å². The summed E-state index contributed by atoms with van der Waals surface area (Å²) in [7, 11) is 0. The first-order valence-electron chi connectivity index (χ1n) is 6.54. The van der Waals surface area contributed by atoms with Gasteiger partial charge in [-0.05, 0) is 35.7 Å². The lowest BCUT2D eigenvalue weighted by atomic mass is 10.1. The molecule has 0 fully saturated rings. The maximum absolute atomic E-state index is 12.0. The standard InChI is InChI=1S/C16H11N3O2S/c17-9-11-3-5-12(6-4-11)16(20)18-10-13-8-14(21-19-13)15-2-1-7-22-15/h1-8H,10H2,(H,18,20). The lowest BCUT2D eigenvalue weighted by molar-refractivity contribution is 0.0950. The third-order valence-electron chi connectivity index (χ3n) is 3.03. The largest absolute Gasteiger partial charge is 0.355 e. The molecule has 3 aromatic rings. The molecule has 1 amide bonds. The van der Waals surface area contributed by atoms with Gasteiger partial charge >= 0.3 is 0 Å². The number of amides is 1. The molecule has 6 heteroatoms. The number of carbonyl (C=O) groups is 1. The van der Waals surface area contributed by atoms with Gasteiger partial charge in [0.05, 0.1) is 23.1 Å². The van der Waals surface area contributed by atoms with Gasteiger partial charge in [0.15, 0.2) is 5.76 Å². The Kier molecular flexibility index (Phi) is 3.99. The minimum atomic E-state index is -0.217. The van der Waals surface area contributed by atoms with Gasteiger partial charge in [0, 0.05) is 11.6 Å². The Hall–Kier alpha value is -2.91. The Balaban J connectivity index is 1.62. The lowest BCUT2D eigenvalue weighted by Crippen LogP contribution is -2.22. The van der Waals surface area contributed by atoms with Crippen LogP contribution in [0.15, 0.2) is 52.4 Å². The van der Waals surface area contributed by atoms with Crippen molar-refractivity contribution in [2.45, 2.75) is 6.54 Å². The van der Waals surface area contributed by atoms with Crippen molar-refractivity contribution >= 4 is 17.2 Å². The number of aromatic nitrogens is 1. The third-order valence-corrected chi connectivity index (χ3v) is 3.91. The first-order chi connectivity index (χ1) is 10.8. The summed E-state index contributed by atoms with van der Waals surface area (Å²) in [4.78, 5) is 13.0. The molecule has 0 saturated carbocycles. The number of hydrogen-bond donors (Lipinski definition) is 1. The molecule has 108 valence electrons. The highest BCUT2D eigenvalue weighted by Crippen LogP contribution is 2.25. The Bertz CT molecular complexity index is 814. The van der Waals surface area contributed by atoms with Crippen molar-refractivity contribution in [2.24, 2.45) is 0 Å². The van der Waals surface area contributed by atoms with E-state index in [0.29, 0.717) is 22.6 Å². The summed E-state index contributed by atoms with van der Waals surface area (Å²) < 4.78 is 5.25. The van der Waals surface area contributed by atoms with Crippen LogP contribution in [0.1, 0.15) is 21.6 Å². The molecule has 0 radical (unpaired) electrons. The third kappa shape index (κ3) is 3.05. The second kappa shape index (κ2) is 6.24. The van der Waals surface area contributed by atoms with E-state index in [2.05, 4.69) is 10.5 Å². The number of hydrogen-bond acceptors (Lipinski definition) is 5. The fourth-order valence-electron chi connectivity index (χ4n) is 1.90. The Morgan fingerprint density at radius 1 is 1.32 bits per heavy atom. The van der Waals surface area contributed by atoms with Crippen LogP contribution in [0.4, 0.5) is 0 Å². The van der Waals surface area contributed by atoms with Gasteiger partial charge in [-0.25, -0.2) is 0 Å². The van der Waals surface area contributed by atoms with E-state index in [1.165, 1.54) is 0 Å². The highest BCUT2D eigenvalue weighted by molar-refractivity contribution is 7.13. The topological polar surface area (TPSA) is 78.9 Å². The van der Waals surface area contributed by atoms with E-state index in [0.717, 1.165) is 4.88 Å². The number of nitrogens with zero attached hydrogens (tertiary/aromatic N) is 2. The maximum atomic E-state index is 12.0. The van der Waals surface area contributed by atoms with Gasteiger partial charge in [-0.15, -0.1) is 11.3 Å². The van der Waals surface area contributed by atoms with Gasteiger partial charge in [-0.1, -0.05) is 11.2 Å². The van der Waals surface area contributed by atoms with Crippen molar-refractivity contribution in [3.05, 3.63) is 64.7 Å². The van der Waals surface area contributed by atoms with E-state index in [9.17, 15) is 4.79 Å². The molecule has 0 aliphatic heterocycles. The van der Waals surface area contributed by atoms with E-state index < -0.39 is 0 Å². The van der Waals surface area contributed by atoms with Crippen LogP contribution in [0, 0.1) is 11.3 Å². The minimum Gasteiger partial charge on any atom is -0.355 e. The smallest absolute Gasteiger partial charge is 0.251 e. The highest BCUT2D eigenvalue weighted by Gasteiger charge is 2.10. The highest BCUT2D eigenvalue weighted by atomic mass is 32.1. The van der Waals surface area contributed by atoms with Gasteiger partial charge in [-0.2, -0.15) is 5.26 Å². The number of benzene rings is 1. The summed E-state index contributed by atoms with van der Waals surface area (Å²) in [5.74, 6) is 0.475. The van der Waals surface area contributed by atoms with Gasteiger partial charge < -0.3 is 9.84 Å². The van der Waals surface area contributed by atoms with Crippen molar-refractivity contribution in [1.29, 1.82) is 5.26 Å². The number of carbonyl (C=O) groups excluding carboxylic acids is 1. The number of nitriles is 1. The predicted octanol–water partition coefficient (Wildman–Crippen LogP) is 3.20. The Labute approximate surface area is 130 Å². The predicted molar refractivity (Wildman–Crippen MR) is 82.1 cm³/mol. The van der Waals surface area contributed by atoms with Crippen molar-refractivity contribution in [3.63, 3.8) is 0 Å². The Morgan fingerprint density at radius 3 is 2.82 bits per heavy atom. The molecule has 0 aliphatic carbocycles. The first kappa shape index (κ1) is 14.0. The van der Waals surface area contributed by atoms with Crippen LogP contribution in [-0.2, 0) is 6.54 Å². The lowest BCUT2D eigenvalue weighted by Gasteiger charge is -2.02. The van der Waals surface area contributed by atoms with E-state index in [1.54, 1.807) is 35.6 Å². The van der Waals surface area contributed by atoms with E-state index >= 15 is 0 Å². The second-order valence-corrected chi connectivity index (χ2v) is 5.48. The van der Waals surface area contributed by atoms with Crippen molar-refractivity contribution in [1.82, 2.24) is 10.5 Å². The monoisotopic (exact) mass is 309 g/mol. The SMILES string of the molecule is N#Cc1ccc(C(=O)NCc2cc(-c3cccs3)on2)cc1. The molecular formula is C16H11N3O2S. The average Bonchev–Trinajstić information content (AvgIpc) is 3.23. The molecule has 0 saturated heterocycles. The summed E-state index contributed by atoms with van der Waals surface area (Å²) in [5, 5.41) is 17.4. The number of rotatable bonds is 4. The van der Waals surface area contributed by atoms with Gasteiger partial charge in [0.1, 0.15) is 5.69 Å². The number of nitrogens with one attached hydrogen (secondary N) is 1. The van der Waals surface area contributed by atoms with Crippen LogP contribution < -0.4 is 5.32 Å². The Morgan fingerprint density at radius 2 is 2.14 bits per heavy atom. The zero-order valence-corrected chi connectivity index (χ0v) is 12.3. The normalized spacial score (nSPS) is 10.1. The summed E-state index contributed by atoms with van der Waals surface area (Å²) in [6.45, 7) is 0.285. The summed E-state index contributed by atoms with van der Waals surface area (Å²) >= 11 is 1.57. The number of thiophene rings is 1. The first-order valence-corrected chi connectivity index (χ1v) is 7.42. The van der Waals surface area contributed by atoms with Gasteiger partial charge in [-0.3, -0.25) is 4.79 Å². The molecule has 0 unspecified atom stereocenters. The minimum absolute atomic E-state index is 0.217. The van der Waals surface area contributed by atoms with Crippen LogP contribution in [-0.4, -0.2) is 11.1 Å². The van der Waals surface area contributed by atoms with Crippen molar-refractivity contribution < 1.29 is 9.32 Å². The van der Waals surface area contributed by atoms with Crippen molar-refractivity contribution in [2.75, 3.05) is 0 Å². The van der Waals surface area contributed by atoms with E-state index in [-0.39, 0.29) is 12.5 Å². The molecule has 2 aromatic heterocycles. The van der Waals surface area contributed by atoms with Crippen LogP contribution in [0.2, 0.25) is 0 Å². The maximum Gasteiger partial charge on any atom is 0.251 e.